The van der Waals surface area contributed by atoms with Crippen molar-refractivity contribution in [3.63, 3.8) is 0 Å². The number of benzene rings is 1. The number of hydrogen-bond donors (Lipinski definition) is 1. The third kappa shape index (κ3) is 3.47. The lowest BCUT2D eigenvalue weighted by molar-refractivity contribution is 0.267. The number of aryl methyl sites for hydroxylation is 1. The predicted molar refractivity (Wildman–Crippen MR) is 96.2 cm³/mol. The van der Waals surface area contributed by atoms with Crippen molar-refractivity contribution < 1.29 is 4.74 Å². The molecule has 2 aromatic heterocycles. The zero-order valence-corrected chi connectivity index (χ0v) is 14.1. The topological polar surface area (TPSA) is 47.0 Å². The summed E-state index contributed by atoms with van der Waals surface area (Å²) in [6.45, 7) is 1.46. The van der Waals surface area contributed by atoms with Crippen LogP contribution in [0.5, 0.6) is 5.75 Å². The number of nitrogens with one attached hydrogen (secondary N) is 1. The van der Waals surface area contributed by atoms with E-state index in [1.165, 1.54) is 5.56 Å². The van der Waals surface area contributed by atoms with Gasteiger partial charge in [-0.2, -0.15) is 0 Å². The van der Waals surface area contributed by atoms with Gasteiger partial charge in [0.25, 0.3) is 0 Å². The Morgan fingerprint density at radius 2 is 2.08 bits per heavy atom. The van der Waals surface area contributed by atoms with Gasteiger partial charge in [-0.25, -0.2) is 4.98 Å². The maximum atomic E-state index is 5.93. The summed E-state index contributed by atoms with van der Waals surface area (Å²) in [4.78, 5) is 9.04. The maximum absolute atomic E-state index is 5.93. The highest BCUT2D eigenvalue weighted by atomic mass is 32.1. The summed E-state index contributed by atoms with van der Waals surface area (Å²) in [5, 5.41) is 6.65. The minimum Gasteiger partial charge on any atom is -0.492 e. The van der Waals surface area contributed by atoms with Crippen molar-refractivity contribution in [1.82, 2.24) is 15.3 Å². The van der Waals surface area contributed by atoms with Crippen LogP contribution in [0.25, 0.3) is 10.7 Å². The number of fused-ring (bicyclic) bond motifs is 1. The third-order valence-corrected chi connectivity index (χ3v) is 5.10. The van der Waals surface area contributed by atoms with Crippen LogP contribution < -0.4 is 10.1 Å². The van der Waals surface area contributed by atoms with E-state index in [9.17, 15) is 0 Å². The minimum atomic E-state index is 0.345. The second-order valence-corrected chi connectivity index (χ2v) is 6.75. The largest absolute Gasteiger partial charge is 0.492 e. The predicted octanol–water partition coefficient (Wildman–Crippen LogP) is 3.69. The standard InChI is InChI=1S/C19H19N3OS/c1-2-7-18-14(5-1)8-9-15(12-23-18)21-11-16-13-24-19(22-16)17-6-3-4-10-20-17/h1-7,10,13,15,21H,8-9,11-12H2/t15-/m0/s1. The van der Waals surface area contributed by atoms with Gasteiger partial charge < -0.3 is 10.1 Å². The molecule has 3 heterocycles. The molecule has 0 saturated heterocycles. The molecule has 1 atom stereocenters. The van der Waals surface area contributed by atoms with E-state index in [0.717, 1.165) is 41.5 Å². The highest BCUT2D eigenvalue weighted by molar-refractivity contribution is 7.13. The first-order chi connectivity index (χ1) is 11.9. The second-order valence-electron chi connectivity index (χ2n) is 5.89. The fraction of sp³-hybridized carbons (Fsp3) is 0.263. The lowest BCUT2D eigenvalue weighted by atomic mass is 10.1. The normalized spacial score (nSPS) is 16.9. The Kier molecular flexibility index (Phi) is 4.53. The number of ether oxygens (including phenoxy) is 1. The first-order valence-corrected chi connectivity index (χ1v) is 9.06. The molecule has 0 aliphatic carbocycles. The van der Waals surface area contributed by atoms with Gasteiger partial charge >= 0.3 is 0 Å². The summed E-state index contributed by atoms with van der Waals surface area (Å²) < 4.78 is 5.93. The van der Waals surface area contributed by atoms with Crippen molar-refractivity contribution in [2.75, 3.05) is 6.61 Å². The van der Waals surface area contributed by atoms with E-state index in [1.807, 2.05) is 24.3 Å². The van der Waals surface area contributed by atoms with Crippen molar-refractivity contribution in [1.29, 1.82) is 0 Å². The molecule has 0 spiro atoms. The van der Waals surface area contributed by atoms with Gasteiger partial charge in [-0.1, -0.05) is 24.3 Å². The summed E-state index contributed by atoms with van der Waals surface area (Å²) in [5.74, 6) is 1.02. The molecule has 1 aliphatic heterocycles. The summed E-state index contributed by atoms with van der Waals surface area (Å²) in [7, 11) is 0. The van der Waals surface area contributed by atoms with Crippen LogP contribution in [0.4, 0.5) is 0 Å². The average molecular weight is 337 g/mol. The molecule has 1 N–H and O–H groups in total. The van der Waals surface area contributed by atoms with E-state index < -0.39 is 0 Å². The van der Waals surface area contributed by atoms with E-state index in [2.05, 4.69) is 38.9 Å². The van der Waals surface area contributed by atoms with Gasteiger partial charge in [-0.3, -0.25) is 4.98 Å². The molecule has 1 aliphatic rings. The Balaban J connectivity index is 1.35. The van der Waals surface area contributed by atoms with E-state index in [4.69, 9.17) is 4.74 Å². The monoisotopic (exact) mass is 337 g/mol. The first-order valence-electron chi connectivity index (χ1n) is 8.18. The van der Waals surface area contributed by atoms with Gasteiger partial charge in [-0.15, -0.1) is 11.3 Å². The van der Waals surface area contributed by atoms with E-state index in [-0.39, 0.29) is 0 Å². The molecular weight excluding hydrogens is 318 g/mol. The van der Waals surface area contributed by atoms with Crippen LogP contribution in [0.3, 0.4) is 0 Å². The fourth-order valence-corrected chi connectivity index (χ4v) is 3.65. The Labute approximate surface area is 145 Å². The molecule has 24 heavy (non-hydrogen) atoms. The Morgan fingerprint density at radius 1 is 1.17 bits per heavy atom. The highest BCUT2D eigenvalue weighted by Crippen LogP contribution is 2.24. The number of para-hydroxylation sites is 1. The molecule has 0 radical (unpaired) electrons. The van der Waals surface area contributed by atoms with Gasteiger partial charge in [0.05, 0.1) is 11.4 Å². The molecule has 4 nitrogen and oxygen atoms in total. The number of thiazole rings is 1. The van der Waals surface area contributed by atoms with Crippen LogP contribution in [0.1, 0.15) is 17.7 Å². The molecule has 0 saturated carbocycles. The Bertz CT molecular complexity index is 776. The number of hydrogen-bond acceptors (Lipinski definition) is 5. The molecule has 4 rings (SSSR count). The fourth-order valence-electron chi connectivity index (χ4n) is 2.86. The number of aromatic nitrogens is 2. The van der Waals surface area contributed by atoms with Crippen molar-refractivity contribution in [2.45, 2.75) is 25.4 Å². The van der Waals surface area contributed by atoms with Crippen molar-refractivity contribution in [2.24, 2.45) is 0 Å². The Morgan fingerprint density at radius 3 is 3.00 bits per heavy atom. The number of nitrogens with zero attached hydrogens (tertiary/aromatic N) is 2. The van der Waals surface area contributed by atoms with Crippen LogP contribution >= 0.6 is 11.3 Å². The first kappa shape index (κ1) is 15.3. The van der Waals surface area contributed by atoms with Crippen LogP contribution in [-0.4, -0.2) is 22.6 Å². The van der Waals surface area contributed by atoms with Crippen molar-refractivity contribution >= 4 is 11.3 Å². The average Bonchev–Trinajstić information content (AvgIpc) is 3.02. The minimum absolute atomic E-state index is 0.345. The molecule has 5 heteroatoms. The smallest absolute Gasteiger partial charge is 0.142 e. The van der Waals surface area contributed by atoms with E-state index in [0.29, 0.717) is 12.6 Å². The number of rotatable bonds is 4. The lowest BCUT2D eigenvalue weighted by Crippen LogP contribution is -2.33. The zero-order chi connectivity index (χ0) is 16.2. The molecule has 0 fully saturated rings. The van der Waals surface area contributed by atoms with Crippen molar-refractivity contribution in [3.05, 3.63) is 65.3 Å². The third-order valence-electron chi connectivity index (χ3n) is 4.18. The number of pyridine rings is 1. The van der Waals surface area contributed by atoms with Crippen molar-refractivity contribution in [3.8, 4) is 16.5 Å². The summed E-state index contributed by atoms with van der Waals surface area (Å²) in [6.07, 6.45) is 3.92. The molecule has 122 valence electrons. The maximum Gasteiger partial charge on any atom is 0.142 e. The van der Waals surface area contributed by atoms with Gasteiger partial charge in [0.15, 0.2) is 0 Å². The molecular formula is C19H19N3OS. The quantitative estimate of drug-likeness (QED) is 0.789. The van der Waals surface area contributed by atoms with Gasteiger partial charge in [0.1, 0.15) is 17.4 Å². The van der Waals surface area contributed by atoms with Crippen LogP contribution in [0.2, 0.25) is 0 Å². The van der Waals surface area contributed by atoms with Crippen LogP contribution in [-0.2, 0) is 13.0 Å². The summed E-state index contributed by atoms with van der Waals surface area (Å²) in [5.41, 5.74) is 3.29. The molecule has 0 amide bonds. The van der Waals surface area contributed by atoms with E-state index >= 15 is 0 Å². The Hall–Kier alpha value is -2.24. The van der Waals surface area contributed by atoms with Gasteiger partial charge in [0.2, 0.25) is 0 Å². The van der Waals surface area contributed by atoms with E-state index in [1.54, 1.807) is 17.5 Å². The van der Waals surface area contributed by atoms with Crippen LogP contribution in [0.15, 0.2) is 54.0 Å². The molecule has 3 aromatic rings. The highest BCUT2D eigenvalue weighted by Gasteiger charge is 2.17. The lowest BCUT2D eigenvalue weighted by Gasteiger charge is -2.15. The SMILES string of the molecule is c1ccc(-c2nc(CN[C@H]3CCc4ccccc4OC3)cs2)nc1. The molecule has 1 aromatic carbocycles. The molecule has 0 unspecified atom stereocenters. The summed E-state index contributed by atoms with van der Waals surface area (Å²) in [6, 6.07) is 14.6. The second kappa shape index (κ2) is 7.11. The van der Waals surface area contributed by atoms with Crippen LogP contribution in [0, 0.1) is 0 Å². The zero-order valence-electron chi connectivity index (χ0n) is 13.3. The van der Waals surface area contributed by atoms with Gasteiger partial charge in [-0.05, 0) is 36.6 Å². The summed E-state index contributed by atoms with van der Waals surface area (Å²) >= 11 is 1.64. The molecule has 0 bridgehead atoms. The van der Waals surface area contributed by atoms with Gasteiger partial charge in [0, 0.05) is 24.2 Å².